The molecule has 3 aromatic rings. The Bertz CT molecular complexity index is 829. The molecule has 3 rings (SSSR count). The molecule has 0 aliphatic carbocycles. The molecule has 4 nitrogen and oxygen atoms in total. The van der Waals surface area contributed by atoms with Gasteiger partial charge in [-0.1, -0.05) is 59.7 Å². The fraction of sp³-hybridized carbons (Fsp3) is 0.222. The van der Waals surface area contributed by atoms with Gasteiger partial charge in [-0.05, 0) is 25.0 Å². The number of hydrogen-bond acceptors (Lipinski definition) is 4. The molecular weight excluding hydrogens is 304 g/mol. The van der Waals surface area contributed by atoms with E-state index in [2.05, 4.69) is 72.1 Å². The summed E-state index contributed by atoms with van der Waals surface area (Å²) in [5, 5.41) is 11.4. The highest BCUT2D eigenvalue weighted by Gasteiger charge is 2.07. The normalized spacial score (nSPS) is 10.7. The first-order valence-electron chi connectivity index (χ1n) is 7.58. The minimum Gasteiger partial charge on any atom is -0.351 e. The molecule has 0 unspecified atom stereocenters. The second-order valence-electron chi connectivity index (χ2n) is 5.72. The lowest BCUT2D eigenvalue weighted by Gasteiger charge is -2.10. The molecule has 0 saturated carbocycles. The van der Waals surface area contributed by atoms with Crippen molar-refractivity contribution in [1.29, 1.82) is 5.41 Å². The third kappa shape index (κ3) is 3.87. The van der Waals surface area contributed by atoms with Gasteiger partial charge in [-0.15, -0.1) is 0 Å². The maximum atomic E-state index is 8.07. The fourth-order valence-corrected chi connectivity index (χ4v) is 2.90. The number of nitrogens with one attached hydrogen (secondary N) is 2. The van der Waals surface area contributed by atoms with Crippen molar-refractivity contribution in [3.8, 4) is 0 Å². The summed E-state index contributed by atoms with van der Waals surface area (Å²) < 4.78 is 6.27. The molecule has 0 fully saturated rings. The van der Waals surface area contributed by atoms with Crippen LogP contribution in [0.4, 0.5) is 5.95 Å². The number of rotatable bonds is 5. The number of benzene rings is 2. The molecule has 118 valence electrons. The molecule has 0 aliphatic rings. The van der Waals surface area contributed by atoms with Gasteiger partial charge in [-0.2, -0.15) is 4.37 Å². The highest BCUT2D eigenvalue weighted by atomic mass is 32.1. The fourth-order valence-electron chi connectivity index (χ4n) is 2.32. The van der Waals surface area contributed by atoms with Crippen LogP contribution in [0.5, 0.6) is 0 Å². The Balaban J connectivity index is 1.74. The van der Waals surface area contributed by atoms with Gasteiger partial charge in [-0.3, -0.25) is 9.98 Å². The highest BCUT2D eigenvalue weighted by Crippen LogP contribution is 2.11. The Morgan fingerprint density at radius 2 is 1.52 bits per heavy atom. The molecule has 0 bridgehead atoms. The first kappa shape index (κ1) is 15.5. The van der Waals surface area contributed by atoms with Gasteiger partial charge in [0.15, 0.2) is 0 Å². The van der Waals surface area contributed by atoms with E-state index in [1.165, 1.54) is 33.8 Å². The lowest BCUT2D eigenvalue weighted by atomic mass is 10.1. The maximum absolute atomic E-state index is 8.07. The van der Waals surface area contributed by atoms with Crippen molar-refractivity contribution in [2.45, 2.75) is 26.9 Å². The Morgan fingerprint density at radius 3 is 2.13 bits per heavy atom. The predicted octanol–water partition coefficient (Wildman–Crippen LogP) is 3.70. The van der Waals surface area contributed by atoms with Crippen molar-refractivity contribution in [2.75, 3.05) is 5.32 Å². The summed E-state index contributed by atoms with van der Waals surface area (Å²) >= 11 is 1.21. The number of aromatic nitrogens is 2. The molecule has 1 heterocycles. The number of nitrogens with zero attached hydrogens (tertiary/aromatic N) is 2. The van der Waals surface area contributed by atoms with Crippen LogP contribution in [0.15, 0.2) is 48.5 Å². The highest BCUT2D eigenvalue weighted by molar-refractivity contribution is 7.02. The summed E-state index contributed by atoms with van der Waals surface area (Å²) in [6.07, 6.45) is 0. The van der Waals surface area contributed by atoms with Crippen LogP contribution in [-0.4, -0.2) is 8.94 Å². The zero-order valence-corrected chi connectivity index (χ0v) is 14.2. The second kappa shape index (κ2) is 6.79. The van der Waals surface area contributed by atoms with Crippen LogP contribution in [0.1, 0.15) is 22.3 Å². The van der Waals surface area contributed by atoms with Crippen molar-refractivity contribution in [3.05, 3.63) is 75.6 Å². The molecule has 1 aromatic heterocycles. The minimum atomic E-state index is 0.456. The van der Waals surface area contributed by atoms with Crippen LogP contribution in [0.25, 0.3) is 0 Å². The molecule has 2 aromatic carbocycles. The molecule has 0 saturated heterocycles. The number of hydrogen-bond donors (Lipinski definition) is 2. The van der Waals surface area contributed by atoms with Crippen LogP contribution in [-0.2, 0) is 13.1 Å². The van der Waals surface area contributed by atoms with E-state index in [9.17, 15) is 0 Å². The van der Waals surface area contributed by atoms with E-state index in [-0.39, 0.29) is 0 Å². The van der Waals surface area contributed by atoms with Crippen molar-refractivity contribution in [1.82, 2.24) is 8.94 Å². The van der Waals surface area contributed by atoms with E-state index < -0.39 is 0 Å². The van der Waals surface area contributed by atoms with Crippen LogP contribution < -0.4 is 10.1 Å². The summed E-state index contributed by atoms with van der Waals surface area (Å²) in [4.78, 5) is 0.456. The Labute approximate surface area is 140 Å². The first-order valence-corrected chi connectivity index (χ1v) is 8.35. The molecule has 2 N–H and O–H groups in total. The number of anilines is 1. The van der Waals surface area contributed by atoms with Crippen LogP contribution in [0, 0.1) is 19.3 Å². The Kier molecular flexibility index (Phi) is 4.57. The molecular formula is C18H20N4S. The van der Waals surface area contributed by atoms with Crippen molar-refractivity contribution < 1.29 is 0 Å². The van der Waals surface area contributed by atoms with Gasteiger partial charge >= 0.3 is 0 Å². The van der Waals surface area contributed by atoms with E-state index in [4.69, 9.17) is 5.41 Å². The van der Waals surface area contributed by atoms with Gasteiger partial charge in [-0.25, -0.2) is 0 Å². The molecule has 23 heavy (non-hydrogen) atoms. The molecule has 0 amide bonds. The quantitative estimate of drug-likeness (QED) is 0.752. The van der Waals surface area contributed by atoms with Crippen LogP contribution in [0.2, 0.25) is 0 Å². The third-order valence-corrected chi connectivity index (χ3v) is 4.41. The van der Waals surface area contributed by atoms with Gasteiger partial charge in [0, 0.05) is 18.1 Å². The zero-order valence-electron chi connectivity index (χ0n) is 13.3. The monoisotopic (exact) mass is 324 g/mol. The third-order valence-electron chi connectivity index (χ3n) is 3.75. The lowest BCUT2D eigenvalue weighted by molar-refractivity contribution is 0.752. The molecule has 0 atom stereocenters. The summed E-state index contributed by atoms with van der Waals surface area (Å²) in [5.41, 5.74) is 4.88. The standard InChI is InChI=1S/C18H20N4S/c1-13-3-7-15(8-4-13)11-20-18-21-23-17(19)22(18)12-16-9-5-14(2)6-10-16/h3-10,19H,11-12H2,1-2H3,(H,20,21). The van der Waals surface area contributed by atoms with E-state index in [1.807, 2.05) is 4.57 Å². The smallest absolute Gasteiger partial charge is 0.216 e. The summed E-state index contributed by atoms with van der Waals surface area (Å²) in [6, 6.07) is 16.8. The first-order chi connectivity index (χ1) is 11.1. The van der Waals surface area contributed by atoms with E-state index in [0.29, 0.717) is 17.9 Å². The van der Waals surface area contributed by atoms with Crippen molar-refractivity contribution in [3.63, 3.8) is 0 Å². The molecule has 0 aliphatic heterocycles. The predicted molar refractivity (Wildman–Crippen MR) is 94.7 cm³/mol. The summed E-state index contributed by atoms with van der Waals surface area (Å²) in [7, 11) is 0. The average Bonchev–Trinajstić information content (AvgIpc) is 2.89. The topological polar surface area (TPSA) is 53.7 Å². The van der Waals surface area contributed by atoms with Crippen LogP contribution in [0.3, 0.4) is 0 Å². The zero-order chi connectivity index (χ0) is 16.2. The molecule has 0 radical (unpaired) electrons. The van der Waals surface area contributed by atoms with E-state index >= 15 is 0 Å². The minimum absolute atomic E-state index is 0.456. The van der Waals surface area contributed by atoms with Crippen molar-refractivity contribution in [2.24, 2.45) is 0 Å². The van der Waals surface area contributed by atoms with Gasteiger partial charge < -0.3 is 5.32 Å². The number of aryl methyl sites for hydroxylation is 2. The SMILES string of the molecule is Cc1ccc(CNc2nsc(=N)n2Cc2ccc(C)cc2)cc1. The molecule has 0 spiro atoms. The van der Waals surface area contributed by atoms with Gasteiger partial charge in [0.25, 0.3) is 0 Å². The Morgan fingerprint density at radius 1 is 0.957 bits per heavy atom. The second-order valence-corrected chi connectivity index (χ2v) is 6.47. The molecule has 5 heteroatoms. The van der Waals surface area contributed by atoms with Gasteiger partial charge in [0.05, 0.1) is 6.54 Å². The van der Waals surface area contributed by atoms with E-state index in [1.54, 1.807) is 0 Å². The van der Waals surface area contributed by atoms with Gasteiger partial charge in [0.2, 0.25) is 10.7 Å². The summed E-state index contributed by atoms with van der Waals surface area (Å²) in [6.45, 7) is 5.52. The van der Waals surface area contributed by atoms with Crippen LogP contribution >= 0.6 is 11.5 Å². The lowest BCUT2D eigenvalue weighted by Crippen LogP contribution is -2.17. The Hall–Kier alpha value is -2.40. The van der Waals surface area contributed by atoms with Gasteiger partial charge in [0.1, 0.15) is 0 Å². The maximum Gasteiger partial charge on any atom is 0.216 e. The summed E-state index contributed by atoms with van der Waals surface area (Å²) in [5.74, 6) is 0.751. The van der Waals surface area contributed by atoms with E-state index in [0.717, 1.165) is 5.95 Å². The largest absolute Gasteiger partial charge is 0.351 e. The average molecular weight is 324 g/mol. The van der Waals surface area contributed by atoms with Crippen molar-refractivity contribution >= 4 is 17.5 Å².